The second kappa shape index (κ2) is 8.53. The zero-order valence-corrected chi connectivity index (χ0v) is 16.1. The van der Waals surface area contributed by atoms with Crippen LogP contribution < -0.4 is 5.32 Å². The predicted octanol–water partition coefficient (Wildman–Crippen LogP) is 3.30. The first kappa shape index (κ1) is 20.2. The van der Waals surface area contributed by atoms with E-state index in [2.05, 4.69) is 10.3 Å². The molecule has 7 heteroatoms. The lowest BCUT2D eigenvalue weighted by atomic mass is 10.1. The van der Waals surface area contributed by atoms with Crippen molar-refractivity contribution in [2.24, 2.45) is 0 Å². The average Bonchev–Trinajstić information content (AvgIpc) is 2.91. The molecule has 0 saturated heterocycles. The molecule has 2 aromatic rings. The van der Waals surface area contributed by atoms with Gasteiger partial charge in [0.2, 0.25) is 0 Å². The Hall–Kier alpha value is -3.09. The number of esters is 2. The second-order valence-electron chi connectivity index (χ2n) is 6.25. The van der Waals surface area contributed by atoms with Gasteiger partial charge in [0.15, 0.2) is 6.10 Å². The van der Waals surface area contributed by atoms with Crippen LogP contribution >= 0.6 is 0 Å². The van der Waals surface area contributed by atoms with Crippen molar-refractivity contribution in [2.75, 3.05) is 11.9 Å². The molecule has 1 atom stereocenters. The van der Waals surface area contributed by atoms with Crippen LogP contribution in [0.2, 0.25) is 0 Å². The Kier molecular flexibility index (Phi) is 6.39. The lowest BCUT2D eigenvalue weighted by molar-refractivity contribution is -0.123. The maximum Gasteiger partial charge on any atom is 0.355 e. The number of rotatable bonds is 6. The quantitative estimate of drug-likeness (QED) is 0.758. The summed E-state index contributed by atoms with van der Waals surface area (Å²) < 4.78 is 10.3. The molecule has 144 valence electrons. The molecule has 0 saturated carbocycles. The Morgan fingerprint density at radius 1 is 1.07 bits per heavy atom. The van der Waals surface area contributed by atoms with Crippen LogP contribution in [0.5, 0.6) is 0 Å². The first-order valence-corrected chi connectivity index (χ1v) is 8.69. The van der Waals surface area contributed by atoms with Gasteiger partial charge >= 0.3 is 11.9 Å². The molecule has 1 aromatic heterocycles. The maximum absolute atomic E-state index is 12.4. The van der Waals surface area contributed by atoms with Crippen molar-refractivity contribution in [3.05, 3.63) is 52.3 Å². The van der Waals surface area contributed by atoms with Crippen molar-refractivity contribution < 1.29 is 23.9 Å². The summed E-state index contributed by atoms with van der Waals surface area (Å²) in [6, 6.07) is 7.28. The molecule has 0 fully saturated rings. The molecule has 1 amide bonds. The van der Waals surface area contributed by atoms with E-state index in [1.807, 2.05) is 19.1 Å². The van der Waals surface area contributed by atoms with Crippen LogP contribution in [0.25, 0.3) is 0 Å². The minimum absolute atomic E-state index is 0.130. The molecule has 1 aromatic carbocycles. The van der Waals surface area contributed by atoms with Gasteiger partial charge in [0.05, 0.1) is 12.2 Å². The van der Waals surface area contributed by atoms with Crippen molar-refractivity contribution in [1.29, 1.82) is 0 Å². The van der Waals surface area contributed by atoms with E-state index >= 15 is 0 Å². The minimum Gasteiger partial charge on any atom is -0.462 e. The number of aryl methyl sites for hydroxylation is 2. The number of ether oxygens (including phenoxy) is 2. The number of hydrogen-bond donors (Lipinski definition) is 2. The van der Waals surface area contributed by atoms with Gasteiger partial charge in [-0.3, -0.25) is 4.79 Å². The summed E-state index contributed by atoms with van der Waals surface area (Å²) in [5.41, 5.74) is 3.07. The number of hydrogen-bond acceptors (Lipinski definition) is 5. The number of carbonyl (C=O) groups is 3. The van der Waals surface area contributed by atoms with Gasteiger partial charge in [-0.1, -0.05) is 17.7 Å². The molecule has 2 N–H and O–H groups in total. The van der Waals surface area contributed by atoms with Gasteiger partial charge in [0, 0.05) is 11.4 Å². The standard InChI is InChI=1S/C20H24N2O5/c1-6-26-19(24)16-12(3)17(21-13(16)4)20(25)27-14(5)18(23)22-15-9-7-11(2)8-10-15/h7-10,14,21H,6H2,1-5H3,(H,22,23). The summed E-state index contributed by atoms with van der Waals surface area (Å²) in [4.78, 5) is 39.5. The van der Waals surface area contributed by atoms with Crippen LogP contribution in [0.3, 0.4) is 0 Å². The maximum atomic E-state index is 12.4. The molecule has 1 unspecified atom stereocenters. The first-order chi connectivity index (χ1) is 12.7. The molecule has 1 heterocycles. The highest BCUT2D eigenvalue weighted by atomic mass is 16.5. The van der Waals surface area contributed by atoms with E-state index in [1.54, 1.807) is 32.9 Å². The van der Waals surface area contributed by atoms with E-state index in [0.29, 0.717) is 22.5 Å². The summed E-state index contributed by atoms with van der Waals surface area (Å²) >= 11 is 0. The third-order valence-corrected chi connectivity index (χ3v) is 4.09. The van der Waals surface area contributed by atoms with E-state index in [0.717, 1.165) is 5.56 Å². The van der Waals surface area contributed by atoms with Crippen molar-refractivity contribution in [2.45, 2.75) is 40.7 Å². The Balaban J connectivity index is 2.07. The van der Waals surface area contributed by atoms with Crippen molar-refractivity contribution in [1.82, 2.24) is 4.98 Å². The van der Waals surface area contributed by atoms with Gasteiger partial charge in [-0.05, 0) is 52.3 Å². The molecule has 0 aliphatic heterocycles. The fourth-order valence-electron chi connectivity index (χ4n) is 2.62. The Labute approximate surface area is 158 Å². The van der Waals surface area contributed by atoms with Gasteiger partial charge in [0.1, 0.15) is 5.69 Å². The minimum atomic E-state index is -1.01. The zero-order valence-electron chi connectivity index (χ0n) is 16.1. The molecule has 27 heavy (non-hydrogen) atoms. The van der Waals surface area contributed by atoms with Gasteiger partial charge in [-0.2, -0.15) is 0 Å². The third-order valence-electron chi connectivity index (χ3n) is 4.09. The van der Waals surface area contributed by atoms with Gasteiger partial charge < -0.3 is 19.8 Å². The van der Waals surface area contributed by atoms with Crippen molar-refractivity contribution in [3.63, 3.8) is 0 Å². The monoisotopic (exact) mass is 372 g/mol. The van der Waals surface area contributed by atoms with E-state index in [-0.39, 0.29) is 12.3 Å². The third kappa shape index (κ3) is 4.75. The first-order valence-electron chi connectivity index (χ1n) is 8.69. The lowest BCUT2D eigenvalue weighted by Gasteiger charge is -2.13. The van der Waals surface area contributed by atoms with Crippen molar-refractivity contribution in [3.8, 4) is 0 Å². The number of aromatic nitrogens is 1. The molecule has 0 radical (unpaired) electrons. The Morgan fingerprint density at radius 2 is 1.70 bits per heavy atom. The topological polar surface area (TPSA) is 97.5 Å². The summed E-state index contributed by atoms with van der Waals surface area (Å²) in [5, 5.41) is 2.69. The number of benzene rings is 1. The van der Waals surface area contributed by atoms with Crippen LogP contribution in [0.1, 0.15) is 51.5 Å². The van der Waals surface area contributed by atoms with E-state index in [4.69, 9.17) is 9.47 Å². The highest BCUT2D eigenvalue weighted by Crippen LogP contribution is 2.20. The van der Waals surface area contributed by atoms with E-state index < -0.39 is 23.9 Å². The van der Waals surface area contributed by atoms with Crippen molar-refractivity contribution >= 4 is 23.5 Å². The van der Waals surface area contributed by atoms with Gasteiger partial charge in [0.25, 0.3) is 5.91 Å². The highest BCUT2D eigenvalue weighted by Gasteiger charge is 2.26. The molecule has 0 spiro atoms. The van der Waals surface area contributed by atoms with Gasteiger partial charge in [-0.25, -0.2) is 9.59 Å². The lowest BCUT2D eigenvalue weighted by Crippen LogP contribution is -2.30. The van der Waals surface area contributed by atoms with Crippen LogP contribution in [-0.2, 0) is 14.3 Å². The molecule has 7 nitrogen and oxygen atoms in total. The number of amides is 1. The highest BCUT2D eigenvalue weighted by molar-refractivity contribution is 6.00. The SMILES string of the molecule is CCOC(=O)c1c(C)[nH]c(C(=O)OC(C)C(=O)Nc2ccc(C)cc2)c1C. The van der Waals surface area contributed by atoms with Crippen LogP contribution in [0.4, 0.5) is 5.69 Å². The Bertz CT molecular complexity index is 852. The second-order valence-corrected chi connectivity index (χ2v) is 6.25. The van der Waals surface area contributed by atoms with E-state index in [9.17, 15) is 14.4 Å². The smallest absolute Gasteiger partial charge is 0.355 e. The van der Waals surface area contributed by atoms with Crippen LogP contribution in [-0.4, -0.2) is 35.5 Å². The summed E-state index contributed by atoms with van der Waals surface area (Å²) in [6.45, 7) is 8.67. The molecule has 0 aliphatic carbocycles. The van der Waals surface area contributed by atoms with E-state index in [1.165, 1.54) is 6.92 Å². The largest absolute Gasteiger partial charge is 0.462 e. The molecular weight excluding hydrogens is 348 g/mol. The summed E-state index contributed by atoms with van der Waals surface area (Å²) in [6.07, 6.45) is -1.01. The summed E-state index contributed by atoms with van der Waals surface area (Å²) in [5.74, 6) is -1.66. The molecule has 2 rings (SSSR count). The molecular formula is C20H24N2O5. The number of anilines is 1. The molecule has 0 bridgehead atoms. The predicted molar refractivity (Wildman–Crippen MR) is 101 cm³/mol. The normalized spacial score (nSPS) is 11.6. The fraction of sp³-hybridized carbons (Fsp3) is 0.350. The Morgan fingerprint density at radius 3 is 2.30 bits per heavy atom. The fourth-order valence-corrected chi connectivity index (χ4v) is 2.62. The average molecular weight is 372 g/mol. The number of carbonyl (C=O) groups excluding carboxylic acids is 3. The summed E-state index contributed by atoms with van der Waals surface area (Å²) in [7, 11) is 0. The number of H-pyrrole nitrogens is 1. The van der Waals surface area contributed by atoms with Gasteiger partial charge in [-0.15, -0.1) is 0 Å². The van der Waals surface area contributed by atoms with Crippen LogP contribution in [0, 0.1) is 20.8 Å². The molecule has 0 aliphatic rings. The van der Waals surface area contributed by atoms with Crippen LogP contribution in [0.15, 0.2) is 24.3 Å². The number of nitrogens with one attached hydrogen (secondary N) is 2. The zero-order chi connectivity index (χ0) is 20.1. The number of aromatic amines is 1.